The molecule has 1 aliphatic heterocycles. The molecule has 2 N–H and O–H groups in total. The maximum Gasteiger partial charge on any atom is 0.490 e. The number of carboxylic acid groups (broad SMARTS) is 2. The van der Waals surface area contributed by atoms with E-state index in [0.717, 1.165) is 47.7 Å². The second kappa shape index (κ2) is 15.6. The van der Waals surface area contributed by atoms with Gasteiger partial charge in [0, 0.05) is 98.5 Å². The van der Waals surface area contributed by atoms with Crippen LogP contribution in [0.15, 0.2) is 73.7 Å². The van der Waals surface area contributed by atoms with Crippen LogP contribution >= 0.6 is 0 Å². The number of aliphatic carboxylic acids is 2. The highest BCUT2D eigenvalue weighted by molar-refractivity contribution is 5.94. The lowest BCUT2D eigenvalue weighted by Crippen LogP contribution is -2.49. The summed E-state index contributed by atoms with van der Waals surface area (Å²) < 4.78 is 65.6. The Bertz CT molecular complexity index is 1680. The summed E-state index contributed by atoms with van der Waals surface area (Å²) in [5.74, 6) is -4.11. The van der Waals surface area contributed by atoms with E-state index < -0.39 is 24.3 Å². The number of amides is 1. The number of nitrogens with zero attached hydrogens (tertiary/aromatic N) is 7. The Kier molecular flexibility index (Phi) is 11.5. The Morgan fingerprint density at radius 1 is 0.755 bits per heavy atom. The van der Waals surface area contributed by atoms with Gasteiger partial charge in [0.25, 0.3) is 5.91 Å². The quantitative estimate of drug-likeness (QED) is 0.263. The number of piperazine rings is 1. The molecule has 1 saturated carbocycles. The standard InChI is InChI=1S/C27H27N7O.2C2HF3O2/c35-27(33-12-10-32(11-13-33)24-5-8-28-9-6-24)25-14-22(19-34(25)18-20-3-4-20)23-16-30-26(31-17-23)21-2-1-7-29-15-21;2*3-2(4,5)1(6)7/h1-2,5-9,14-17,19-20H,3-4,10-13,18H2;2*(H,6,7). The normalized spacial score (nSPS) is 14.6. The van der Waals surface area contributed by atoms with E-state index in [-0.39, 0.29) is 5.91 Å². The molecule has 0 bridgehead atoms. The molecule has 5 heterocycles. The molecule has 4 aromatic rings. The SMILES string of the molecule is O=C(O)C(F)(F)F.O=C(O)C(F)(F)F.O=C(c1cc(-c2cnc(-c3cccnc3)nc2)cn1CC1CC1)N1CCN(c2ccncc2)CC1. The molecule has 12 nitrogen and oxygen atoms in total. The molecule has 6 rings (SSSR count). The van der Waals surface area contributed by atoms with Crippen molar-refractivity contribution >= 4 is 23.5 Å². The van der Waals surface area contributed by atoms with E-state index in [1.165, 1.54) is 12.8 Å². The molecule has 2 aliphatic rings. The topological polar surface area (TPSA) is 155 Å². The van der Waals surface area contributed by atoms with Crippen molar-refractivity contribution in [2.45, 2.75) is 31.7 Å². The largest absolute Gasteiger partial charge is 0.490 e. The van der Waals surface area contributed by atoms with E-state index in [0.29, 0.717) is 24.8 Å². The Morgan fingerprint density at radius 3 is 1.82 bits per heavy atom. The summed E-state index contributed by atoms with van der Waals surface area (Å²) in [6.07, 6.45) is 5.15. The predicted molar refractivity (Wildman–Crippen MR) is 161 cm³/mol. The molecule has 0 radical (unpaired) electrons. The van der Waals surface area contributed by atoms with E-state index in [9.17, 15) is 31.1 Å². The highest BCUT2D eigenvalue weighted by atomic mass is 19.4. The van der Waals surface area contributed by atoms with Crippen LogP contribution in [0, 0.1) is 5.92 Å². The zero-order valence-corrected chi connectivity index (χ0v) is 25.5. The average Bonchev–Trinajstić information content (AvgIpc) is 3.81. The maximum atomic E-state index is 13.6. The predicted octanol–water partition coefficient (Wildman–Crippen LogP) is 5.04. The lowest BCUT2D eigenvalue weighted by Gasteiger charge is -2.36. The fourth-order valence-corrected chi connectivity index (χ4v) is 4.58. The van der Waals surface area contributed by atoms with Crippen LogP contribution in [0.4, 0.5) is 32.0 Å². The Labute approximate surface area is 274 Å². The molecular formula is C31H29F6N7O5. The minimum absolute atomic E-state index is 0.0965. The van der Waals surface area contributed by atoms with E-state index in [1.807, 2.05) is 60.0 Å². The van der Waals surface area contributed by atoms with Gasteiger partial charge < -0.3 is 24.6 Å². The molecule has 0 atom stereocenters. The van der Waals surface area contributed by atoms with Crippen molar-refractivity contribution in [3.63, 3.8) is 0 Å². The van der Waals surface area contributed by atoms with Crippen LogP contribution in [0.25, 0.3) is 22.5 Å². The number of carboxylic acids is 2. The van der Waals surface area contributed by atoms with Gasteiger partial charge in [-0.15, -0.1) is 0 Å². The van der Waals surface area contributed by atoms with Crippen LogP contribution in [0.3, 0.4) is 0 Å². The summed E-state index contributed by atoms with van der Waals surface area (Å²) in [7, 11) is 0. The van der Waals surface area contributed by atoms with Crippen LogP contribution < -0.4 is 4.90 Å². The first-order chi connectivity index (χ1) is 23.1. The number of carbonyl (C=O) groups excluding carboxylic acids is 1. The molecule has 4 aromatic heterocycles. The molecule has 1 saturated heterocycles. The fourth-order valence-electron chi connectivity index (χ4n) is 4.58. The van der Waals surface area contributed by atoms with E-state index in [2.05, 4.69) is 35.6 Å². The number of carbonyl (C=O) groups is 3. The third-order valence-electron chi connectivity index (χ3n) is 7.25. The second-order valence-corrected chi connectivity index (χ2v) is 10.8. The third-order valence-corrected chi connectivity index (χ3v) is 7.25. The summed E-state index contributed by atoms with van der Waals surface area (Å²) >= 11 is 0. The van der Waals surface area contributed by atoms with E-state index in [4.69, 9.17) is 19.8 Å². The number of halogens is 6. The van der Waals surface area contributed by atoms with Gasteiger partial charge in [-0.05, 0) is 49.1 Å². The first-order valence-corrected chi connectivity index (χ1v) is 14.6. The molecule has 0 unspecified atom stereocenters. The summed E-state index contributed by atoms with van der Waals surface area (Å²) in [4.78, 5) is 53.0. The Balaban J connectivity index is 0.000000327. The van der Waals surface area contributed by atoms with Crippen LogP contribution in [0.5, 0.6) is 0 Å². The van der Waals surface area contributed by atoms with Gasteiger partial charge in [0.05, 0.1) is 0 Å². The van der Waals surface area contributed by atoms with Crippen molar-refractivity contribution in [1.82, 2.24) is 29.4 Å². The summed E-state index contributed by atoms with van der Waals surface area (Å²) in [5, 5.41) is 14.2. The number of rotatable bonds is 6. The lowest BCUT2D eigenvalue weighted by atomic mass is 10.1. The fraction of sp³-hybridized carbons (Fsp3) is 0.323. The number of anilines is 1. The molecule has 260 valence electrons. The smallest absolute Gasteiger partial charge is 0.475 e. The van der Waals surface area contributed by atoms with Crippen LogP contribution in [-0.4, -0.2) is 96.0 Å². The first kappa shape index (κ1) is 36.3. The summed E-state index contributed by atoms with van der Waals surface area (Å²) in [5.41, 5.74) is 4.67. The van der Waals surface area contributed by atoms with Crippen LogP contribution in [-0.2, 0) is 16.1 Å². The maximum absolute atomic E-state index is 13.6. The van der Waals surface area contributed by atoms with Crippen molar-refractivity contribution < 1.29 is 50.9 Å². The molecule has 0 aromatic carbocycles. The highest BCUT2D eigenvalue weighted by Gasteiger charge is 2.39. The van der Waals surface area contributed by atoms with Gasteiger partial charge in [0.1, 0.15) is 5.69 Å². The van der Waals surface area contributed by atoms with Crippen molar-refractivity contribution in [3.8, 4) is 22.5 Å². The van der Waals surface area contributed by atoms with Gasteiger partial charge >= 0.3 is 24.3 Å². The number of hydrogen-bond donors (Lipinski definition) is 2. The third kappa shape index (κ3) is 10.5. The molecule has 18 heteroatoms. The van der Waals surface area contributed by atoms with Crippen LogP contribution in [0.1, 0.15) is 23.3 Å². The zero-order chi connectivity index (χ0) is 35.8. The molecule has 1 aliphatic carbocycles. The molecule has 0 spiro atoms. The Hall–Kier alpha value is -5.55. The number of alkyl halides is 6. The van der Waals surface area contributed by atoms with Gasteiger partial charge in [-0.25, -0.2) is 19.6 Å². The highest BCUT2D eigenvalue weighted by Crippen LogP contribution is 2.33. The molecular weight excluding hydrogens is 664 g/mol. The van der Waals surface area contributed by atoms with Gasteiger partial charge in [0.2, 0.25) is 0 Å². The second-order valence-electron chi connectivity index (χ2n) is 10.8. The Morgan fingerprint density at radius 2 is 1.33 bits per heavy atom. The zero-order valence-electron chi connectivity index (χ0n) is 25.5. The van der Waals surface area contributed by atoms with Crippen molar-refractivity contribution in [3.05, 3.63) is 79.4 Å². The minimum Gasteiger partial charge on any atom is -0.475 e. The van der Waals surface area contributed by atoms with Crippen molar-refractivity contribution in [1.29, 1.82) is 0 Å². The van der Waals surface area contributed by atoms with Gasteiger partial charge in [-0.3, -0.25) is 14.8 Å². The average molecular weight is 694 g/mol. The van der Waals surface area contributed by atoms with Crippen molar-refractivity contribution in [2.75, 3.05) is 31.1 Å². The van der Waals surface area contributed by atoms with Gasteiger partial charge in [0.15, 0.2) is 5.82 Å². The molecule has 49 heavy (non-hydrogen) atoms. The first-order valence-electron chi connectivity index (χ1n) is 14.6. The lowest BCUT2D eigenvalue weighted by molar-refractivity contribution is -0.193. The van der Waals surface area contributed by atoms with Gasteiger partial charge in [-0.2, -0.15) is 26.3 Å². The minimum atomic E-state index is -5.08. The number of aromatic nitrogens is 5. The number of pyridine rings is 2. The van der Waals surface area contributed by atoms with Crippen LogP contribution in [0.2, 0.25) is 0 Å². The monoisotopic (exact) mass is 693 g/mol. The number of hydrogen-bond acceptors (Lipinski definition) is 8. The van der Waals surface area contributed by atoms with E-state index in [1.54, 1.807) is 12.4 Å². The summed E-state index contributed by atoms with van der Waals surface area (Å²) in [6.45, 7) is 3.92. The summed E-state index contributed by atoms with van der Waals surface area (Å²) in [6, 6.07) is 9.86. The van der Waals surface area contributed by atoms with Crippen molar-refractivity contribution in [2.24, 2.45) is 5.92 Å². The van der Waals surface area contributed by atoms with E-state index >= 15 is 0 Å². The van der Waals surface area contributed by atoms with Gasteiger partial charge in [-0.1, -0.05) is 0 Å². The molecule has 1 amide bonds. The molecule has 2 fully saturated rings.